The third kappa shape index (κ3) is 2.67. The second-order valence-corrected chi connectivity index (χ2v) is 3.89. The summed E-state index contributed by atoms with van der Waals surface area (Å²) in [5.41, 5.74) is 2.17. The first-order valence-corrected chi connectivity index (χ1v) is 6.15. The fourth-order valence-corrected chi connectivity index (χ4v) is 1.79. The maximum Gasteiger partial charge on any atom is 0.340 e. The van der Waals surface area contributed by atoms with Gasteiger partial charge in [0.25, 0.3) is 0 Å². The molecule has 0 spiro atoms. The van der Waals surface area contributed by atoms with E-state index in [1.807, 2.05) is 25.1 Å². The molecule has 1 radical (unpaired) electrons. The van der Waals surface area contributed by atoms with Crippen molar-refractivity contribution in [1.29, 1.82) is 0 Å². The van der Waals surface area contributed by atoms with Crippen molar-refractivity contribution in [3.8, 4) is 11.7 Å². The van der Waals surface area contributed by atoms with Gasteiger partial charge < -0.3 is 4.74 Å². The van der Waals surface area contributed by atoms with Crippen LogP contribution >= 0.6 is 0 Å². The molecule has 1 aromatic heterocycles. The lowest BCUT2D eigenvalue weighted by Crippen LogP contribution is -2.06. The summed E-state index contributed by atoms with van der Waals surface area (Å²) in [5.74, 6) is 0. The van der Waals surface area contributed by atoms with Gasteiger partial charge in [-0.1, -0.05) is 36.6 Å². The fraction of sp³-hybridized carbons (Fsp3) is 0.385. The van der Waals surface area contributed by atoms with Crippen molar-refractivity contribution in [2.45, 2.75) is 26.2 Å². The van der Waals surface area contributed by atoms with Gasteiger partial charge in [-0.3, -0.25) is 0 Å². The summed E-state index contributed by atoms with van der Waals surface area (Å²) in [6.07, 6.45) is 2.93. The van der Waals surface area contributed by atoms with Gasteiger partial charge >= 0.3 is 6.01 Å². The van der Waals surface area contributed by atoms with E-state index in [9.17, 15) is 0 Å². The number of para-hydroxylation sites is 1. The lowest BCUT2D eigenvalue weighted by Gasteiger charge is -2.09. The molecular weight excluding hydrogens is 228 g/mol. The van der Waals surface area contributed by atoms with Crippen LogP contribution in [0.2, 0.25) is 0 Å². The first kappa shape index (κ1) is 12.5. The van der Waals surface area contributed by atoms with Crippen molar-refractivity contribution in [2.75, 3.05) is 6.61 Å². The lowest BCUT2D eigenvalue weighted by atomic mass is 10.1. The Hall–Kier alpha value is -1.91. The Kier molecular flexibility index (Phi) is 4.28. The SMILES string of the molecule is [CH2]CCCc1ccccc1-n1nnnc1OCC. The maximum absolute atomic E-state index is 5.41. The number of rotatable bonds is 6. The molecule has 0 amide bonds. The van der Waals surface area contributed by atoms with E-state index < -0.39 is 0 Å². The molecule has 0 unspecified atom stereocenters. The van der Waals surface area contributed by atoms with Crippen molar-refractivity contribution in [3.05, 3.63) is 36.8 Å². The van der Waals surface area contributed by atoms with Crippen molar-refractivity contribution in [2.24, 2.45) is 0 Å². The Morgan fingerprint density at radius 2 is 2.17 bits per heavy atom. The number of aromatic nitrogens is 4. The minimum absolute atomic E-state index is 0.430. The number of hydrogen-bond donors (Lipinski definition) is 0. The van der Waals surface area contributed by atoms with Gasteiger partial charge in [-0.2, -0.15) is 4.68 Å². The molecule has 5 heteroatoms. The minimum atomic E-state index is 0.430. The quantitative estimate of drug-likeness (QED) is 0.783. The number of unbranched alkanes of at least 4 members (excludes halogenated alkanes) is 1. The summed E-state index contributed by atoms with van der Waals surface area (Å²) in [5, 5.41) is 11.5. The zero-order chi connectivity index (χ0) is 12.8. The third-order valence-electron chi connectivity index (χ3n) is 2.63. The Labute approximate surface area is 107 Å². The Balaban J connectivity index is 2.33. The van der Waals surface area contributed by atoms with E-state index in [2.05, 4.69) is 28.5 Å². The summed E-state index contributed by atoms with van der Waals surface area (Å²) >= 11 is 0. The summed E-state index contributed by atoms with van der Waals surface area (Å²) in [7, 11) is 0. The number of hydrogen-bond acceptors (Lipinski definition) is 4. The van der Waals surface area contributed by atoms with Crippen LogP contribution in [0.1, 0.15) is 25.3 Å². The first-order chi connectivity index (χ1) is 8.86. The topological polar surface area (TPSA) is 52.8 Å². The fourth-order valence-electron chi connectivity index (χ4n) is 1.79. The van der Waals surface area contributed by atoms with E-state index >= 15 is 0 Å². The average Bonchev–Trinajstić information content (AvgIpc) is 2.85. The molecule has 0 bridgehead atoms. The molecule has 0 saturated carbocycles. The molecular formula is C13H17N4O. The molecule has 0 N–H and O–H groups in total. The monoisotopic (exact) mass is 245 g/mol. The van der Waals surface area contributed by atoms with Gasteiger partial charge in [-0.15, -0.1) is 0 Å². The number of benzene rings is 1. The van der Waals surface area contributed by atoms with Crippen LogP contribution in [0.25, 0.3) is 5.69 Å². The van der Waals surface area contributed by atoms with Crippen molar-refractivity contribution in [1.82, 2.24) is 20.2 Å². The summed E-state index contributed by atoms with van der Waals surface area (Å²) in [6.45, 7) is 6.32. The summed E-state index contributed by atoms with van der Waals surface area (Å²) in [6, 6.07) is 8.51. The van der Waals surface area contributed by atoms with Gasteiger partial charge in [-0.25, -0.2) is 0 Å². The van der Waals surface area contributed by atoms with Gasteiger partial charge in [-0.05, 0) is 41.8 Å². The van der Waals surface area contributed by atoms with Crippen LogP contribution in [0.3, 0.4) is 0 Å². The van der Waals surface area contributed by atoms with Gasteiger partial charge in [0.15, 0.2) is 0 Å². The van der Waals surface area contributed by atoms with Crippen LogP contribution in [-0.2, 0) is 6.42 Å². The van der Waals surface area contributed by atoms with E-state index in [1.54, 1.807) is 4.68 Å². The highest BCUT2D eigenvalue weighted by atomic mass is 16.5. The van der Waals surface area contributed by atoms with Crippen molar-refractivity contribution >= 4 is 0 Å². The number of aryl methyl sites for hydroxylation is 1. The molecule has 0 saturated heterocycles. The molecule has 0 aliphatic rings. The van der Waals surface area contributed by atoms with Crippen LogP contribution in [0, 0.1) is 6.92 Å². The predicted octanol–water partition coefficient (Wildman–Crippen LogP) is 2.22. The lowest BCUT2D eigenvalue weighted by molar-refractivity contribution is 0.303. The highest BCUT2D eigenvalue weighted by molar-refractivity contribution is 5.41. The van der Waals surface area contributed by atoms with E-state index in [1.165, 1.54) is 5.56 Å². The van der Waals surface area contributed by atoms with Crippen molar-refractivity contribution < 1.29 is 4.74 Å². The maximum atomic E-state index is 5.41. The smallest absolute Gasteiger partial charge is 0.340 e. The third-order valence-corrected chi connectivity index (χ3v) is 2.63. The van der Waals surface area contributed by atoms with E-state index in [0.29, 0.717) is 12.6 Å². The molecule has 0 aliphatic carbocycles. The molecule has 2 aromatic rings. The minimum Gasteiger partial charge on any atom is -0.463 e. The molecule has 5 nitrogen and oxygen atoms in total. The molecule has 1 aromatic carbocycles. The Morgan fingerprint density at radius 3 is 2.94 bits per heavy atom. The molecule has 0 aliphatic heterocycles. The van der Waals surface area contributed by atoms with Crippen LogP contribution in [0.15, 0.2) is 24.3 Å². The Bertz CT molecular complexity index is 495. The summed E-state index contributed by atoms with van der Waals surface area (Å²) < 4.78 is 7.05. The number of tetrazole rings is 1. The van der Waals surface area contributed by atoms with Crippen LogP contribution < -0.4 is 4.74 Å². The van der Waals surface area contributed by atoms with Crippen molar-refractivity contribution in [3.63, 3.8) is 0 Å². The zero-order valence-corrected chi connectivity index (χ0v) is 10.5. The van der Waals surface area contributed by atoms with Crippen LogP contribution in [-0.4, -0.2) is 26.8 Å². The standard InChI is InChI=1S/C13H17N4O/c1-3-5-8-11-9-6-7-10-12(11)17-13(18-4-2)14-15-16-17/h6-7,9-10H,1,3-5,8H2,2H3. The molecule has 0 atom stereocenters. The molecule has 2 rings (SSSR count). The first-order valence-electron chi connectivity index (χ1n) is 6.15. The molecule has 0 fully saturated rings. The highest BCUT2D eigenvalue weighted by Gasteiger charge is 2.11. The summed E-state index contributed by atoms with van der Waals surface area (Å²) in [4.78, 5) is 0. The molecule has 18 heavy (non-hydrogen) atoms. The predicted molar refractivity (Wildman–Crippen MR) is 68.6 cm³/mol. The van der Waals surface area contributed by atoms with Gasteiger partial charge in [0.05, 0.1) is 12.3 Å². The second kappa shape index (κ2) is 6.14. The van der Waals surface area contributed by atoms with E-state index in [-0.39, 0.29) is 0 Å². The number of nitrogens with zero attached hydrogens (tertiary/aromatic N) is 4. The van der Waals surface area contributed by atoms with E-state index in [0.717, 1.165) is 24.9 Å². The molecule has 1 heterocycles. The van der Waals surface area contributed by atoms with Gasteiger partial charge in [0.2, 0.25) is 0 Å². The van der Waals surface area contributed by atoms with Gasteiger partial charge in [0.1, 0.15) is 0 Å². The highest BCUT2D eigenvalue weighted by Crippen LogP contribution is 2.19. The molecule has 95 valence electrons. The number of ether oxygens (including phenoxy) is 1. The van der Waals surface area contributed by atoms with E-state index in [4.69, 9.17) is 4.74 Å². The average molecular weight is 245 g/mol. The van der Waals surface area contributed by atoms with Crippen LogP contribution in [0.5, 0.6) is 6.01 Å². The Morgan fingerprint density at radius 1 is 1.33 bits per heavy atom. The second-order valence-electron chi connectivity index (χ2n) is 3.89. The van der Waals surface area contributed by atoms with Gasteiger partial charge in [0, 0.05) is 0 Å². The largest absolute Gasteiger partial charge is 0.463 e. The zero-order valence-electron chi connectivity index (χ0n) is 10.5. The normalized spacial score (nSPS) is 10.6. The van der Waals surface area contributed by atoms with Crippen LogP contribution in [0.4, 0.5) is 0 Å².